The first-order valence-electron chi connectivity index (χ1n) is 12.2. The molecule has 1 atom stereocenters. The number of carbonyl (C=O) groups is 1. The second kappa shape index (κ2) is 10.5. The molecule has 0 bridgehead atoms. The molecule has 0 saturated heterocycles. The molecule has 0 unspecified atom stereocenters. The SMILES string of the molecule is CCCOc1ccc2ccccc2c1[C@H]1Oc2nc(SCCC)nnc2-c2ccccc2N1C(C)=O. The summed E-state index contributed by atoms with van der Waals surface area (Å²) in [6, 6.07) is 19.7. The maximum Gasteiger partial charge on any atom is 0.247 e. The summed E-state index contributed by atoms with van der Waals surface area (Å²) < 4.78 is 12.8. The average Bonchev–Trinajstić information content (AvgIpc) is 3.04. The average molecular weight is 501 g/mol. The lowest BCUT2D eigenvalue weighted by molar-refractivity contribution is -0.118. The van der Waals surface area contributed by atoms with Crippen LogP contribution in [0.1, 0.15) is 45.4 Å². The fourth-order valence-corrected chi connectivity index (χ4v) is 5.00. The van der Waals surface area contributed by atoms with E-state index in [1.165, 1.54) is 11.8 Å². The first kappa shape index (κ1) is 24.1. The zero-order valence-corrected chi connectivity index (χ0v) is 21.4. The van der Waals surface area contributed by atoms with Crippen LogP contribution in [-0.2, 0) is 4.79 Å². The number of aromatic nitrogens is 3. The summed E-state index contributed by atoms with van der Waals surface area (Å²) in [5.41, 5.74) is 2.72. The van der Waals surface area contributed by atoms with Crippen molar-refractivity contribution in [2.75, 3.05) is 17.3 Å². The van der Waals surface area contributed by atoms with E-state index in [-0.39, 0.29) is 5.91 Å². The van der Waals surface area contributed by atoms with E-state index in [1.807, 2.05) is 60.7 Å². The van der Waals surface area contributed by atoms with Crippen molar-refractivity contribution in [2.45, 2.75) is 45.0 Å². The quantitative estimate of drug-likeness (QED) is 0.271. The minimum atomic E-state index is -0.816. The molecule has 1 amide bonds. The van der Waals surface area contributed by atoms with Crippen LogP contribution in [0.5, 0.6) is 11.6 Å². The van der Waals surface area contributed by atoms with Gasteiger partial charge in [-0.15, -0.1) is 10.2 Å². The third kappa shape index (κ3) is 4.48. The van der Waals surface area contributed by atoms with Gasteiger partial charge in [0.05, 0.1) is 17.9 Å². The summed E-state index contributed by atoms with van der Waals surface area (Å²) in [5, 5.41) is 11.4. The topological polar surface area (TPSA) is 77.4 Å². The Kier molecular flexibility index (Phi) is 7.04. The second-order valence-electron chi connectivity index (χ2n) is 8.52. The maximum atomic E-state index is 13.3. The molecule has 0 saturated carbocycles. The highest BCUT2D eigenvalue weighted by Gasteiger charge is 2.37. The summed E-state index contributed by atoms with van der Waals surface area (Å²) in [4.78, 5) is 19.7. The fraction of sp³-hybridized carbons (Fsp3) is 0.286. The standard InChI is InChI=1S/C28H28N4O3S/c1-4-16-34-23-15-14-19-10-6-7-11-20(19)24(23)27-32(18(3)33)22-13-9-8-12-21(22)25-26(35-27)29-28(31-30-25)36-17-5-2/h6-15,27H,4-5,16-17H2,1-3H3/t27-/m1/s1. The van der Waals surface area contributed by atoms with Gasteiger partial charge in [0.2, 0.25) is 23.2 Å². The van der Waals surface area contributed by atoms with Crippen molar-refractivity contribution in [3.05, 3.63) is 66.2 Å². The van der Waals surface area contributed by atoms with Gasteiger partial charge in [-0.2, -0.15) is 4.98 Å². The summed E-state index contributed by atoms with van der Waals surface area (Å²) >= 11 is 1.53. The molecule has 5 rings (SSSR count). The Morgan fingerprint density at radius 3 is 2.64 bits per heavy atom. The van der Waals surface area contributed by atoms with Gasteiger partial charge in [0.25, 0.3) is 0 Å². The Morgan fingerprint density at radius 2 is 1.83 bits per heavy atom. The number of benzene rings is 3. The smallest absolute Gasteiger partial charge is 0.247 e. The Hall–Kier alpha value is -3.65. The lowest BCUT2D eigenvalue weighted by atomic mass is 10.0. The van der Waals surface area contributed by atoms with Crippen molar-refractivity contribution < 1.29 is 14.3 Å². The molecule has 36 heavy (non-hydrogen) atoms. The molecule has 1 aromatic heterocycles. The maximum absolute atomic E-state index is 13.3. The molecule has 3 aromatic carbocycles. The normalized spacial score (nSPS) is 14.5. The van der Waals surface area contributed by atoms with Crippen LogP contribution in [-0.4, -0.2) is 33.4 Å². The first-order chi connectivity index (χ1) is 17.6. The van der Waals surface area contributed by atoms with Gasteiger partial charge in [0.15, 0.2) is 5.69 Å². The molecule has 2 heterocycles. The second-order valence-corrected chi connectivity index (χ2v) is 9.58. The van der Waals surface area contributed by atoms with Crippen LogP contribution in [0.25, 0.3) is 22.0 Å². The van der Waals surface area contributed by atoms with Gasteiger partial charge in [-0.25, -0.2) is 0 Å². The molecule has 1 aliphatic heterocycles. The molecule has 1 aliphatic rings. The van der Waals surface area contributed by atoms with Crippen molar-refractivity contribution in [1.29, 1.82) is 0 Å². The van der Waals surface area contributed by atoms with Gasteiger partial charge < -0.3 is 9.47 Å². The minimum Gasteiger partial charge on any atom is -0.493 e. The van der Waals surface area contributed by atoms with Crippen molar-refractivity contribution in [3.8, 4) is 22.9 Å². The number of rotatable bonds is 7. The minimum absolute atomic E-state index is 0.164. The Morgan fingerprint density at radius 1 is 1.03 bits per heavy atom. The number of carbonyl (C=O) groups excluding carboxylic acids is 1. The number of fused-ring (bicyclic) bond motifs is 4. The van der Waals surface area contributed by atoms with Crippen LogP contribution in [0.15, 0.2) is 65.8 Å². The van der Waals surface area contributed by atoms with E-state index in [0.29, 0.717) is 34.8 Å². The fourth-order valence-electron chi connectivity index (χ4n) is 4.36. The van der Waals surface area contributed by atoms with Crippen molar-refractivity contribution in [2.24, 2.45) is 0 Å². The van der Waals surface area contributed by atoms with Crippen molar-refractivity contribution in [3.63, 3.8) is 0 Å². The Balaban J connectivity index is 1.77. The number of ether oxygens (including phenoxy) is 2. The zero-order valence-electron chi connectivity index (χ0n) is 20.6. The van der Waals surface area contributed by atoms with Gasteiger partial charge in [-0.3, -0.25) is 9.69 Å². The number of para-hydroxylation sites is 1. The van der Waals surface area contributed by atoms with Crippen LogP contribution in [0, 0.1) is 0 Å². The van der Waals surface area contributed by atoms with Crippen molar-refractivity contribution in [1.82, 2.24) is 15.2 Å². The van der Waals surface area contributed by atoms with E-state index >= 15 is 0 Å². The van der Waals surface area contributed by atoms with E-state index in [1.54, 1.807) is 11.8 Å². The van der Waals surface area contributed by atoms with E-state index < -0.39 is 6.23 Å². The van der Waals surface area contributed by atoms with E-state index in [9.17, 15) is 4.79 Å². The molecular weight excluding hydrogens is 472 g/mol. The monoisotopic (exact) mass is 500 g/mol. The number of anilines is 1. The third-order valence-corrected chi connectivity index (χ3v) is 6.97. The van der Waals surface area contributed by atoms with Gasteiger partial charge in [-0.1, -0.05) is 74.1 Å². The predicted octanol–water partition coefficient (Wildman–Crippen LogP) is 6.43. The first-order valence-corrected chi connectivity index (χ1v) is 13.2. The van der Waals surface area contributed by atoms with Gasteiger partial charge in [-0.05, 0) is 35.7 Å². The predicted molar refractivity (Wildman–Crippen MR) is 143 cm³/mol. The summed E-state index contributed by atoms with van der Waals surface area (Å²) in [5.74, 6) is 1.73. The molecule has 0 aliphatic carbocycles. The molecule has 184 valence electrons. The molecule has 0 N–H and O–H groups in total. The molecule has 0 radical (unpaired) electrons. The lowest BCUT2D eigenvalue weighted by Gasteiger charge is -2.31. The van der Waals surface area contributed by atoms with Crippen LogP contribution in [0.3, 0.4) is 0 Å². The highest BCUT2D eigenvalue weighted by molar-refractivity contribution is 7.99. The highest BCUT2D eigenvalue weighted by atomic mass is 32.2. The van der Waals surface area contributed by atoms with Crippen molar-refractivity contribution >= 4 is 34.1 Å². The van der Waals surface area contributed by atoms with Crippen LogP contribution < -0.4 is 14.4 Å². The summed E-state index contributed by atoms with van der Waals surface area (Å²) in [7, 11) is 0. The van der Waals surface area contributed by atoms with Gasteiger partial charge >= 0.3 is 0 Å². The largest absolute Gasteiger partial charge is 0.493 e. The molecule has 7 nitrogen and oxygen atoms in total. The zero-order chi connectivity index (χ0) is 25.1. The molecule has 0 fully saturated rings. The number of hydrogen-bond donors (Lipinski definition) is 0. The number of amides is 1. The number of thioether (sulfide) groups is 1. The van der Waals surface area contributed by atoms with E-state index in [4.69, 9.17) is 14.5 Å². The number of hydrogen-bond acceptors (Lipinski definition) is 7. The van der Waals surface area contributed by atoms with Gasteiger partial charge in [0.1, 0.15) is 5.75 Å². The summed E-state index contributed by atoms with van der Waals surface area (Å²) in [6.45, 7) is 6.26. The molecule has 0 spiro atoms. The highest BCUT2D eigenvalue weighted by Crippen LogP contribution is 2.46. The lowest BCUT2D eigenvalue weighted by Crippen LogP contribution is -2.36. The van der Waals surface area contributed by atoms with Crippen LogP contribution in [0.4, 0.5) is 5.69 Å². The van der Waals surface area contributed by atoms with Gasteiger partial charge in [0, 0.05) is 18.2 Å². The summed E-state index contributed by atoms with van der Waals surface area (Å²) in [6.07, 6.45) is 1.03. The van der Waals surface area contributed by atoms with Crippen LogP contribution in [0.2, 0.25) is 0 Å². The van der Waals surface area contributed by atoms with E-state index in [0.717, 1.165) is 40.5 Å². The third-order valence-electron chi connectivity index (χ3n) is 5.93. The van der Waals surface area contributed by atoms with Crippen LogP contribution >= 0.6 is 11.8 Å². The Bertz CT molecular complexity index is 1410. The number of nitrogens with zero attached hydrogens (tertiary/aromatic N) is 4. The molecule has 4 aromatic rings. The Labute approximate surface area is 214 Å². The molecule has 8 heteroatoms. The molecular formula is C28H28N4O3S. The van der Waals surface area contributed by atoms with E-state index in [2.05, 4.69) is 24.0 Å².